The van der Waals surface area contributed by atoms with Crippen LogP contribution in [0, 0.1) is 5.92 Å². The summed E-state index contributed by atoms with van der Waals surface area (Å²) in [4.78, 5) is 16.6. The number of likely N-dealkylation sites (N-methyl/N-ethyl adjacent to an activating group) is 1. The quantitative estimate of drug-likeness (QED) is 0.869. The largest absolute Gasteiger partial charge is 0.324 e. The monoisotopic (exact) mass is 380 g/mol. The van der Waals surface area contributed by atoms with E-state index >= 15 is 0 Å². The van der Waals surface area contributed by atoms with Gasteiger partial charge in [0.2, 0.25) is 10.0 Å². The Morgan fingerprint density at radius 3 is 2.58 bits per heavy atom. The van der Waals surface area contributed by atoms with Crippen molar-refractivity contribution in [2.45, 2.75) is 24.7 Å². The SMILES string of the molecule is CC1CCCN(C(=O)Nc2cccc(S(=O)(=O)N3CCN(C)CC3)c2)C1. The van der Waals surface area contributed by atoms with Crippen LogP contribution in [-0.2, 0) is 10.0 Å². The number of amides is 2. The summed E-state index contributed by atoms with van der Waals surface area (Å²) in [6, 6.07) is 6.39. The van der Waals surface area contributed by atoms with E-state index in [0.29, 0.717) is 24.7 Å². The van der Waals surface area contributed by atoms with E-state index in [1.54, 1.807) is 29.2 Å². The Morgan fingerprint density at radius 1 is 1.15 bits per heavy atom. The van der Waals surface area contributed by atoms with Crippen LogP contribution in [0.3, 0.4) is 0 Å². The highest BCUT2D eigenvalue weighted by Gasteiger charge is 2.28. The van der Waals surface area contributed by atoms with Crippen LogP contribution < -0.4 is 5.32 Å². The Bertz CT molecular complexity index is 745. The third-order valence-corrected chi connectivity index (χ3v) is 7.02. The lowest BCUT2D eigenvalue weighted by Gasteiger charge is -2.32. The molecule has 0 spiro atoms. The van der Waals surface area contributed by atoms with E-state index in [-0.39, 0.29) is 10.9 Å². The van der Waals surface area contributed by atoms with Gasteiger partial charge >= 0.3 is 6.03 Å². The van der Waals surface area contributed by atoms with E-state index in [0.717, 1.165) is 39.0 Å². The van der Waals surface area contributed by atoms with Crippen LogP contribution in [0.5, 0.6) is 0 Å². The van der Waals surface area contributed by atoms with Crippen LogP contribution in [0.2, 0.25) is 0 Å². The normalized spacial score (nSPS) is 23.0. The van der Waals surface area contributed by atoms with Gasteiger partial charge in [-0.15, -0.1) is 0 Å². The molecule has 1 aromatic carbocycles. The van der Waals surface area contributed by atoms with Gasteiger partial charge in [0.25, 0.3) is 0 Å². The number of carbonyl (C=O) groups excluding carboxylic acids is 1. The minimum atomic E-state index is -3.54. The van der Waals surface area contributed by atoms with Gasteiger partial charge in [-0.25, -0.2) is 13.2 Å². The number of sulfonamides is 1. The van der Waals surface area contributed by atoms with Crippen molar-refractivity contribution in [2.75, 3.05) is 51.6 Å². The summed E-state index contributed by atoms with van der Waals surface area (Å²) >= 11 is 0. The van der Waals surface area contributed by atoms with E-state index in [1.165, 1.54) is 4.31 Å². The van der Waals surface area contributed by atoms with Gasteiger partial charge in [0.15, 0.2) is 0 Å². The number of nitrogens with one attached hydrogen (secondary N) is 1. The zero-order valence-corrected chi connectivity index (χ0v) is 16.3. The van der Waals surface area contributed by atoms with E-state index in [9.17, 15) is 13.2 Å². The number of likely N-dealkylation sites (tertiary alicyclic amines) is 1. The van der Waals surface area contributed by atoms with Gasteiger partial charge in [0.1, 0.15) is 0 Å². The molecule has 1 unspecified atom stereocenters. The van der Waals surface area contributed by atoms with Crippen LogP contribution in [0.15, 0.2) is 29.2 Å². The lowest BCUT2D eigenvalue weighted by Crippen LogP contribution is -2.47. The number of carbonyl (C=O) groups is 1. The summed E-state index contributed by atoms with van der Waals surface area (Å²) in [7, 11) is -1.55. The molecule has 2 heterocycles. The minimum absolute atomic E-state index is 0.161. The van der Waals surface area contributed by atoms with Gasteiger partial charge in [0, 0.05) is 45.0 Å². The number of urea groups is 1. The van der Waals surface area contributed by atoms with Gasteiger partial charge in [-0.05, 0) is 44.0 Å². The van der Waals surface area contributed by atoms with Gasteiger partial charge < -0.3 is 15.1 Å². The molecule has 26 heavy (non-hydrogen) atoms. The molecule has 0 aromatic heterocycles. The van der Waals surface area contributed by atoms with Crippen molar-refractivity contribution in [3.05, 3.63) is 24.3 Å². The predicted octanol–water partition coefficient (Wildman–Crippen LogP) is 1.89. The Balaban J connectivity index is 1.70. The fourth-order valence-corrected chi connectivity index (χ4v) is 4.96. The zero-order chi connectivity index (χ0) is 18.7. The molecule has 2 fully saturated rings. The number of hydrogen-bond donors (Lipinski definition) is 1. The molecule has 0 bridgehead atoms. The third-order valence-electron chi connectivity index (χ3n) is 5.13. The minimum Gasteiger partial charge on any atom is -0.324 e. The Morgan fingerprint density at radius 2 is 1.88 bits per heavy atom. The number of hydrogen-bond acceptors (Lipinski definition) is 4. The fraction of sp³-hybridized carbons (Fsp3) is 0.611. The van der Waals surface area contributed by atoms with Gasteiger partial charge in [-0.2, -0.15) is 4.31 Å². The van der Waals surface area contributed by atoms with Crippen molar-refractivity contribution in [3.8, 4) is 0 Å². The topological polar surface area (TPSA) is 73.0 Å². The first-order valence-electron chi connectivity index (χ1n) is 9.21. The van der Waals surface area contributed by atoms with Crippen molar-refractivity contribution in [1.29, 1.82) is 0 Å². The number of piperidine rings is 1. The molecule has 2 amide bonds. The number of anilines is 1. The maximum atomic E-state index is 12.9. The molecule has 1 atom stereocenters. The maximum Gasteiger partial charge on any atom is 0.321 e. The van der Waals surface area contributed by atoms with Crippen molar-refractivity contribution < 1.29 is 13.2 Å². The highest BCUT2D eigenvalue weighted by atomic mass is 32.2. The first-order chi connectivity index (χ1) is 12.4. The lowest BCUT2D eigenvalue weighted by molar-refractivity contribution is 0.182. The first-order valence-corrected chi connectivity index (χ1v) is 10.6. The molecule has 1 N–H and O–H groups in total. The first kappa shape index (κ1) is 19.1. The van der Waals surface area contributed by atoms with E-state index in [4.69, 9.17) is 0 Å². The fourth-order valence-electron chi connectivity index (χ4n) is 3.49. The number of nitrogens with zero attached hydrogens (tertiary/aromatic N) is 3. The molecular weight excluding hydrogens is 352 g/mol. The Kier molecular flexibility index (Phi) is 5.84. The number of rotatable bonds is 3. The summed E-state index contributed by atoms with van der Waals surface area (Å²) in [6.45, 7) is 6.05. The smallest absolute Gasteiger partial charge is 0.321 e. The summed E-state index contributed by atoms with van der Waals surface area (Å²) in [5.41, 5.74) is 0.517. The number of piperazine rings is 1. The molecule has 2 aliphatic heterocycles. The summed E-state index contributed by atoms with van der Waals surface area (Å²) < 4.78 is 27.2. The second-order valence-electron chi connectivity index (χ2n) is 7.36. The lowest BCUT2D eigenvalue weighted by atomic mass is 10.0. The number of benzene rings is 1. The van der Waals surface area contributed by atoms with Gasteiger partial charge in [-0.1, -0.05) is 13.0 Å². The molecular formula is C18H28N4O3S. The summed E-state index contributed by atoms with van der Waals surface area (Å²) in [6.07, 6.45) is 2.15. The molecule has 0 aliphatic carbocycles. The summed E-state index contributed by atoms with van der Waals surface area (Å²) in [5, 5.41) is 2.85. The van der Waals surface area contributed by atoms with Gasteiger partial charge in [-0.3, -0.25) is 0 Å². The molecule has 0 saturated carbocycles. The van der Waals surface area contributed by atoms with Crippen LogP contribution in [0.1, 0.15) is 19.8 Å². The molecule has 1 aromatic rings. The average Bonchev–Trinajstić information content (AvgIpc) is 2.62. The van der Waals surface area contributed by atoms with Crippen LogP contribution >= 0.6 is 0 Å². The predicted molar refractivity (Wildman–Crippen MR) is 102 cm³/mol. The molecule has 3 rings (SSSR count). The highest BCUT2D eigenvalue weighted by molar-refractivity contribution is 7.89. The molecule has 144 valence electrons. The third kappa shape index (κ3) is 4.36. The molecule has 8 heteroatoms. The molecule has 0 radical (unpaired) electrons. The Hall–Kier alpha value is -1.64. The standard InChI is InChI=1S/C18H28N4O3S/c1-15-5-4-8-21(14-15)18(23)19-16-6-3-7-17(13-16)26(24,25)22-11-9-20(2)10-12-22/h3,6-7,13,15H,4-5,8-12,14H2,1-2H3,(H,19,23). The van der Waals surface area contributed by atoms with E-state index < -0.39 is 10.0 Å². The van der Waals surface area contributed by atoms with Crippen molar-refractivity contribution in [1.82, 2.24) is 14.1 Å². The van der Waals surface area contributed by atoms with E-state index in [2.05, 4.69) is 17.1 Å². The molecule has 2 saturated heterocycles. The Labute approximate surface area is 156 Å². The van der Waals surface area contributed by atoms with Crippen molar-refractivity contribution in [2.24, 2.45) is 5.92 Å². The molecule has 7 nitrogen and oxygen atoms in total. The van der Waals surface area contributed by atoms with Crippen molar-refractivity contribution in [3.63, 3.8) is 0 Å². The summed E-state index contributed by atoms with van der Waals surface area (Å²) in [5.74, 6) is 0.499. The van der Waals surface area contributed by atoms with Crippen LogP contribution in [0.4, 0.5) is 10.5 Å². The van der Waals surface area contributed by atoms with Crippen LogP contribution in [0.25, 0.3) is 0 Å². The average molecular weight is 381 g/mol. The second kappa shape index (κ2) is 7.94. The van der Waals surface area contributed by atoms with Gasteiger partial charge in [0.05, 0.1) is 4.90 Å². The maximum absolute atomic E-state index is 12.9. The van der Waals surface area contributed by atoms with Crippen molar-refractivity contribution >= 4 is 21.7 Å². The second-order valence-corrected chi connectivity index (χ2v) is 9.30. The highest BCUT2D eigenvalue weighted by Crippen LogP contribution is 2.22. The van der Waals surface area contributed by atoms with Crippen LogP contribution in [-0.4, -0.2) is 74.9 Å². The van der Waals surface area contributed by atoms with E-state index in [1.807, 2.05) is 7.05 Å². The zero-order valence-electron chi connectivity index (χ0n) is 15.5. The molecule has 2 aliphatic rings.